The third kappa shape index (κ3) is 3.07. The lowest BCUT2D eigenvalue weighted by Gasteiger charge is -2.29. The molecule has 0 aromatic heterocycles. The standard InChI is InChI=1S/C10H19NO/c1-6-7-10(12)11(8(2)3)9(4)5/h6-9H,1-5H3/b7-6-. The summed E-state index contributed by atoms with van der Waals surface area (Å²) in [5.74, 6) is 0.0995. The van der Waals surface area contributed by atoms with Gasteiger partial charge in [-0.15, -0.1) is 0 Å². The van der Waals surface area contributed by atoms with E-state index in [4.69, 9.17) is 0 Å². The van der Waals surface area contributed by atoms with Crippen LogP contribution in [0.4, 0.5) is 0 Å². The summed E-state index contributed by atoms with van der Waals surface area (Å²) in [5.41, 5.74) is 0. The molecule has 0 aliphatic rings. The maximum atomic E-state index is 11.5. The summed E-state index contributed by atoms with van der Waals surface area (Å²) in [6, 6.07) is 0.544. The van der Waals surface area contributed by atoms with Gasteiger partial charge in [-0.2, -0.15) is 0 Å². The van der Waals surface area contributed by atoms with Crippen LogP contribution in [-0.4, -0.2) is 22.9 Å². The Kier molecular flexibility index (Phi) is 4.64. The minimum Gasteiger partial charge on any atom is -0.334 e. The predicted molar refractivity (Wildman–Crippen MR) is 51.9 cm³/mol. The zero-order chi connectivity index (χ0) is 9.72. The summed E-state index contributed by atoms with van der Waals surface area (Å²) in [6.07, 6.45) is 3.39. The number of rotatable bonds is 3. The highest BCUT2D eigenvalue weighted by atomic mass is 16.2. The average molecular weight is 169 g/mol. The Bertz CT molecular complexity index is 163. The van der Waals surface area contributed by atoms with Crippen LogP contribution < -0.4 is 0 Å². The van der Waals surface area contributed by atoms with E-state index in [1.54, 1.807) is 12.2 Å². The van der Waals surface area contributed by atoms with Crippen molar-refractivity contribution in [2.75, 3.05) is 0 Å². The molecule has 1 amide bonds. The normalized spacial score (nSPS) is 11.6. The Hall–Kier alpha value is -0.790. The van der Waals surface area contributed by atoms with Gasteiger partial charge in [0.2, 0.25) is 5.91 Å². The van der Waals surface area contributed by atoms with Crippen molar-refractivity contribution in [1.29, 1.82) is 0 Å². The van der Waals surface area contributed by atoms with Gasteiger partial charge in [-0.25, -0.2) is 0 Å². The molecule has 0 spiro atoms. The van der Waals surface area contributed by atoms with Crippen molar-refractivity contribution in [3.05, 3.63) is 12.2 Å². The largest absolute Gasteiger partial charge is 0.334 e. The first-order chi connectivity index (χ1) is 5.50. The van der Waals surface area contributed by atoms with E-state index in [1.165, 1.54) is 0 Å². The molecule has 0 saturated carbocycles. The molecule has 0 aliphatic carbocycles. The van der Waals surface area contributed by atoms with E-state index < -0.39 is 0 Å². The summed E-state index contributed by atoms with van der Waals surface area (Å²) < 4.78 is 0. The zero-order valence-corrected chi connectivity index (χ0v) is 8.66. The fraction of sp³-hybridized carbons (Fsp3) is 0.700. The lowest BCUT2D eigenvalue weighted by Crippen LogP contribution is -2.41. The number of carbonyl (C=O) groups excluding carboxylic acids is 1. The molecule has 2 nitrogen and oxygen atoms in total. The van der Waals surface area contributed by atoms with Crippen LogP contribution in [0.5, 0.6) is 0 Å². The zero-order valence-electron chi connectivity index (χ0n) is 8.66. The van der Waals surface area contributed by atoms with Crippen LogP contribution in [0.3, 0.4) is 0 Å². The van der Waals surface area contributed by atoms with Crippen LogP contribution in [0.25, 0.3) is 0 Å². The van der Waals surface area contributed by atoms with Gasteiger partial charge in [-0.05, 0) is 40.7 Å². The van der Waals surface area contributed by atoms with Crippen LogP contribution in [0.2, 0.25) is 0 Å². The molecule has 0 atom stereocenters. The van der Waals surface area contributed by atoms with Crippen LogP contribution in [-0.2, 0) is 4.79 Å². The summed E-state index contributed by atoms with van der Waals surface area (Å²) in [6.45, 7) is 9.97. The van der Waals surface area contributed by atoms with Crippen molar-refractivity contribution in [2.24, 2.45) is 0 Å². The molecular formula is C10H19NO. The predicted octanol–water partition coefficient (Wildman–Crippen LogP) is 2.21. The summed E-state index contributed by atoms with van der Waals surface area (Å²) in [4.78, 5) is 13.3. The van der Waals surface area contributed by atoms with Gasteiger partial charge in [0, 0.05) is 12.1 Å². The Balaban J connectivity index is 4.40. The van der Waals surface area contributed by atoms with Gasteiger partial charge >= 0.3 is 0 Å². The molecule has 0 aromatic rings. The van der Waals surface area contributed by atoms with E-state index in [1.807, 2.05) is 39.5 Å². The van der Waals surface area contributed by atoms with Gasteiger partial charge in [0.1, 0.15) is 0 Å². The fourth-order valence-electron chi connectivity index (χ4n) is 1.33. The van der Waals surface area contributed by atoms with Crippen molar-refractivity contribution >= 4 is 5.91 Å². The van der Waals surface area contributed by atoms with Gasteiger partial charge in [-0.1, -0.05) is 6.08 Å². The van der Waals surface area contributed by atoms with E-state index in [0.29, 0.717) is 0 Å². The van der Waals surface area contributed by atoms with Gasteiger partial charge < -0.3 is 4.90 Å². The second kappa shape index (κ2) is 4.96. The van der Waals surface area contributed by atoms with Crippen LogP contribution in [0, 0.1) is 0 Å². The molecule has 0 aromatic carbocycles. The number of hydrogen-bond acceptors (Lipinski definition) is 1. The molecule has 0 rings (SSSR count). The number of allylic oxidation sites excluding steroid dienone is 1. The maximum absolute atomic E-state index is 11.5. The molecule has 70 valence electrons. The highest BCUT2D eigenvalue weighted by molar-refractivity contribution is 5.87. The lowest BCUT2D eigenvalue weighted by molar-refractivity contribution is -0.129. The van der Waals surface area contributed by atoms with E-state index in [0.717, 1.165) is 0 Å². The molecule has 12 heavy (non-hydrogen) atoms. The molecule has 0 N–H and O–H groups in total. The quantitative estimate of drug-likeness (QED) is 0.593. The first kappa shape index (κ1) is 11.2. The Morgan fingerprint density at radius 2 is 1.58 bits per heavy atom. The number of hydrogen-bond donors (Lipinski definition) is 0. The second-order valence-corrected chi connectivity index (χ2v) is 3.43. The SMILES string of the molecule is C/C=C\C(=O)N(C(C)C)C(C)C. The molecule has 2 heteroatoms. The Morgan fingerprint density at radius 1 is 1.17 bits per heavy atom. The monoisotopic (exact) mass is 169 g/mol. The second-order valence-electron chi connectivity index (χ2n) is 3.43. The molecule has 0 radical (unpaired) electrons. The van der Waals surface area contributed by atoms with E-state index in [9.17, 15) is 4.79 Å². The molecule has 0 saturated heterocycles. The van der Waals surface area contributed by atoms with Crippen LogP contribution >= 0.6 is 0 Å². The summed E-state index contributed by atoms with van der Waals surface area (Å²) >= 11 is 0. The van der Waals surface area contributed by atoms with Crippen molar-refractivity contribution in [3.8, 4) is 0 Å². The van der Waals surface area contributed by atoms with Crippen molar-refractivity contribution < 1.29 is 4.79 Å². The Labute approximate surface area is 75.3 Å². The third-order valence-electron chi connectivity index (χ3n) is 1.68. The molecule has 0 fully saturated rings. The molecule has 0 bridgehead atoms. The van der Waals surface area contributed by atoms with Gasteiger partial charge in [-0.3, -0.25) is 4.79 Å². The van der Waals surface area contributed by atoms with Gasteiger partial charge in [0.05, 0.1) is 0 Å². The van der Waals surface area contributed by atoms with E-state index in [-0.39, 0.29) is 18.0 Å². The molecular weight excluding hydrogens is 150 g/mol. The summed E-state index contributed by atoms with van der Waals surface area (Å²) in [7, 11) is 0. The van der Waals surface area contributed by atoms with Crippen molar-refractivity contribution in [2.45, 2.75) is 46.7 Å². The third-order valence-corrected chi connectivity index (χ3v) is 1.68. The van der Waals surface area contributed by atoms with Gasteiger partial charge in [0.25, 0.3) is 0 Å². The van der Waals surface area contributed by atoms with E-state index >= 15 is 0 Å². The molecule has 0 heterocycles. The minimum absolute atomic E-state index is 0.0995. The number of amides is 1. The minimum atomic E-state index is 0.0995. The fourth-order valence-corrected chi connectivity index (χ4v) is 1.33. The van der Waals surface area contributed by atoms with Crippen molar-refractivity contribution in [3.63, 3.8) is 0 Å². The number of nitrogens with zero attached hydrogens (tertiary/aromatic N) is 1. The highest BCUT2D eigenvalue weighted by Crippen LogP contribution is 2.05. The van der Waals surface area contributed by atoms with Crippen molar-refractivity contribution in [1.82, 2.24) is 4.90 Å². The smallest absolute Gasteiger partial charge is 0.246 e. The Morgan fingerprint density at radius 3 is 1.83 bits per heavy atom. The van der Waals surface area contributed by atoms with Crippen LogP contribution in [0.15, 0.2) is 12.2 Å². The van der Waals surface area contributed by atoms with Crippen LogP contribution in [0.1, 0.15) is 34.6 Å². The highest BCUT2D eigenvalue weighted by Gasteiger charge is 2.16. The number of carbonyl (C=O) groups is 1. The topological polar surface area (TPSA) is 20.3 Å². The molecule has 0 unspecified atom stereocenters. The lowest BCUT2D eigenvalue weighted by atomic mass is 10.2. The van der Waals surface area contributed by atoms with E-state index in [2.05, 4.69) is 0 Å². The first-order valence-electron chi connectivity index (χ1n) is 4.45. The average Bonchev–Trinajstić information content (AvgIpc) is 1.85. The maximum Gasteiger partial charge on any atom is 0.246 e. The summed E-state index contributed by atoms with van der Waals surface area (Å²) in [5, 5.41) is 0. The molecule has 0 aliphatic heterocycles. The first-order valence-corrected chi connectivity index (χ1v) is 4.45. The van der Waals surface area contributed by atoms with Gasteiger partial charge in [0.15, 0.2) is 0 Å².